The number of aromatic nitrogens is 2. The fraction of sp³-hybridized carbons (Fsp3) is 0.389. The first-order valence-electron chi connectivity index (χ1n) is 8.76. The number of hydrogen-bond donors (Lipinski definition) is 2. The fourth-order valence-corrected chi connectivity index (χ4v) is 3.69. The second kappa shape index (κ2) is 8.79. The Labute approximate surface area is 165 Å². The van der Waals surface area contributed by atoms with Crippen molar-refractivity contribution in [3.05, 3.63) is 34.3 Å². The van der Waals surface area contributed by atoms with Crippen molar-refractivity contribution >= 4 is 34.8 Å². The van der Waals surface area contributed by atoms with Gasteiger partial charge in [-0.1, -0.05) is 11.3 Å². The lowest BCUT2D eigenvalue weighted by Crippen LogP contribution is -2.38. The first-order valence-corrected chi connectivity index (χ1v) is 9.58. The summed E-state index contributed by atoms with van der Waals surface area (Å²) in [6.45, 7) is 0.952. The Balaban J connectivity index is 1.57. The summed E-state index contributed by atoms with van der Waals surface area (Å²) in [5.74, 6) is -0.784. The van der Waals surface area contributed by atoms with Crippen molar-refractivity contribution in [1.82, 2.24) is 15.1 Å². The molecule has 1 aliphatic heterocycles. The Bertz CT molecular complexity index is 859. The zero-order valence-electron chi connectivity index (χ0n) is 15.3. The number of rotatable bonds is 6. The van der Waals surface area contributed by atoms with Gasteiger partial charge in [-0.05, 0) is 43.0 Å². The van der Waals surface area contributed by atoms with Gasteiger partial charge in [-0.15, -0.1) is 10.2 Å². The monoisotopic (exact) mass is 404 g/mol. The highest BCUT2D eigenvalue weighted by Gasteiger charge is 2.27. The summed E-state index contributed by atoms with van der Waals surface area (Å²) < 4.78 is 5.07. The molecule has 28 heavy (non-hydrogen) atoms. The van der Waals surface area contributed by atoms with Crippen LogP contribution in [0.15, 0.2) is 24.3 Å². The van der Waals surface area contributed by atoms with E-state index in [1.807, 2.05) is 0 Å². The molecular formula is C18H20N4O5S. The van der Waals surface area contributed by atoms with E-state index in [1.165, 1.54) is 0 Å². The molecule has 2 aromatic rings. The summed E-state index contributed by atoms with van der Waals surface area (Å²) in [4.78, 5) is 37.3. The standard InChI is InChI=1S/C18H20N4O5S/c1-27-13-4-2-12(3-5-13)19-15(25)16-20-21-17(28-16)18(26)22-8-6-11(7-9-22)10-14(23)24/h2-5,11H,6-10H2,1H3,(H,19,25)(H,23,24). The van der Waals surface area contributed by atoms with Gasteiger partial charge < -0.3 is 20.1 Å². The maximum atomic E-state index is 12.6. The van der Waals surface area contributed by atoms with E-state index in [9.17, 15) is 14.4 Å². The Morgan fingerprint density at radius 3 is 2.43 bits per heavy atom. The number of anilines is 1. The summed E-state index contributed by atoms with van der Waals surface area (Å²) in [5, 5.41) is 19.5. The second-order valence-electron chi connectivity index (χ2n) is 6.43. The van der Waals surface area contributed by atoms with Crippen LogP contribution in [0.1, 0.15) is 38.9 Å². The number of carboxylic acids is 1. The van der Waals surface area contributed by atoms with Gasteiger partial charge in [0.25, 0.3) is 11.8 Å². The highest BCUT2D eigenvalue weighted by Crippen LogP contribution is 2.23. The number of carboxylic acid groups (broad SMARTS) is 1. The van der Waals surface area contributed by atoms with E-state index in [1.54, 1.807) is 36.3 Å². The molecule has 0 atom stereocenters. The number of nitrogens with one attached hydrogen (secondary N) is 1. The predicted molar refractivity (Wildman–Crippen MR) is 102 cm³/mol. The van der Waals surface area contributed by atoms with Gasteiger partial charge in [-0.2, -0.15) is 0 Å². The zero-order chi connectivity index (χ0) is 20.1. The number of benzene rings is 1. The first-order chi connectivity index (χ1) is 13.5. The number of likely N-dealkylation sites (tertiary alicyclic amines) is 1. The van der Waals surface area contributed by atoms with E-state index in [-0.39, 0.29) is 28.3 Å². The summed E-state index contributed by atoms with van der Waals surface area (Å²) in [5.41, 5.74) is 0.578. The molecule has 1 aromatic heterocycles. The molecule has 1 saturated heterocycles. The van der Waals surface area contributed by atoms with E-state index < -0.39 is 11.9 Å². The van der Waals surface area contributed by atoms with Crippen molar-refractivity contribution in [1.29, 1.82) is 0 Å². The molecular weight excluding hydrogens is 384 g/mol. The third-order valence-electron chi connectivity index (χ3n) is 4.52. The van der Waals surface area contributed by atoms with Crippen LogP contribution in [0.3, 0.4) is 0 Å². The van der Waals surface area contributed by atoms with Crippen molar-refractivity contribution in [2.45, 2.75) is 19.3 Å². The lowest BCUT2D eigenvalue weighted by Gasteiger charge is -2.30. The van der Waals surface area contributed by atoms with Crippen molar-refractivity contribution in [2.24, 2.45) is 5.92 Å². The van der Waals surface area contributed by atoms with Gasteiger partial charge in [0.2, 0.25) is 10.0 Å². The van der Waals surface area contributed by atoms with E-state index >= 15 is 0 Å². The molecule has 0 unspecified atom stereocenters. The molecule has 148 valence electrons. The predicted octanol–water partition coefficient (Wildman–Crippen LogP) is 2.13. The first kappa shape index (κ1) is 19.7. The van der Waals surface area contributed by atoms with Crippen LogP contribution < -0.4 is 10.1 Å². The smallest absolute Gasteiger partial charge is 0.303 e. The molecule has 1 fully saturated rings. The number of methoxy groups -OCH3 is 1. The third-order valence-corrected chi connectivity index (χ3v) is 5.43. The third kappa shape index (κ3) is 4.83. The van der Waals surface area contributed by atoms with Crippen LogP contribution in [0, 0.1) is 5.92 Å². The molecule has 3 rings (SSSR count). The SMILES string of the molecule is COc1ccc(NC(=O)c2nnc(C(=O)N3CCC(CC(=O)O)CC3)s2)cc1. The van der Waals surface area contributed by atoms with E-state index in [2.05, 4.69) is 15.5 Å². The number of hydrogen-bond acceptors (Lipinski definition) is 7. The maximum Gasteiger partial charge on any atom is 0.303 e. The molecule has 2 heterocycles. The number of carbonyl (C=O) groups is 3. The van der Waals surface area contributed by atoms with E-state index in [0.29, 0.717) is 37.4 Å². The molecule has 0 saturated carbocycles. The summed E-state index contributed by atoms with van der Waals surface area (Å²) in [7, 11) is 1.56. The van der Waals surface area contributed by atoms with Gasteiger partial charge in [-0.3, -0.25) is 14.4 Å². The number of aliphatic carboxylic acids is 1. The van der Waals surface area contributed by atoms with Crippen LogP contribution in [0.4, 0.5) is 5.69 Å². The minimum atomic E-state index is -0.818. The van der Waals surface area contributed by atoms with Crippen LogP contribution in [-0.4, -0.2) is 58.2 Å². The molecule has 1 aliphatic rings. The topological polar surface area (TPSA) is 122 Å². The lowest BCUT2D eigenvalue weighted by atomic mass is 9.93. The number of amides is 2. The molecule has 9 nitrogen and oxygen atoms in total. The van der Waals surface area contributed by atoms with Gasteiger partial charge >= 0.3 is 5.97 Å². The molecule has 0 aliphatic carbocycles. The minimum Gasteiger partial charge on any atom is -0.497 e. The fourth-order valence-electron chi connectivity index (χ4n) is 2.98. The molecule has 0 radical (unpaired) electrons. The average molecular weight is 404 g/mol. The van der Waals surface area contributed by atoms with Gasteiger partial charge in [-0.25, -0.2) is 0 Å². The van der Waals surface area contributed by atoms with E-state index in [4.69, 9.17) is 9.84 Å². The van der Waals surface area contributed by atoms with Crippen molar-refractivity contribution < 1.29 is 24.2 Å². The normalized spacial score (nSPS) is 14.5. The van der Waals surface area contributed by atoms with Gasteiger partial charge in [0.1, 0.15) is 5.75 Å². The van der Waals surface area contributed by atoms with Crippen LogP contribution in [0.25, 0.3) is 0 Å². The van der Waals surface area contributed by atoms with Crippen LogP contribution in [0.2, 0.25) is 0 Å². The molecule has 0 spiro atoms. The molecule has 10 heteroatoms. The Morgan fingerprint density at radius 2 is 1.82 bits per heavy atom. The highest BCUT2D eigenvalue weighted by molar-refractivity contribution is 7.15. The largest absolute Gasteiger partial charge is 0.497 e. The highest BCUT2D eigenvalue weighted by atomic mass is 32.1. The molecule has 2 amide bonds. The van der Waals surface area contributed by atoms with Gasteiger partial charge in [0.05, 0.1) is 7.11 Å². The van der Waals surface area contributed by atoms with Crippen molar-refractivity contribution in [2.75, 3.05) is 25.5 Å². The van der Waals surface area contributed by atoms with Gasteiger partial charge in [0, 0.05) is 25.2 Å². The average Bonchev–Trinajstić information content (AvgIpc) is 3.18. The zero-order valence-corrected chi connectivity index (χ0v) is 16.1. The maximum absolute atomic E-state index is 12.6. The number of piperidine rings is 1. The van der Waals surface area contributed by atoms with E-state index in [0.717, 1.165) is 11.3 Å². The summed E-state index contributed by atoms with van der Waals surface area (Å²) in [6, 6.07) is 6.84. The van der Waals surface area contributed by atoms with Crippen LogP contribution in [0.5, 0.6) is 5.75 Å². The van der Waals surface area contributed by atoms with Crippen molar-refractivity contribution in [3.63, 3.8) is 0 Å². The minimum absolute atomic E-state index is 0.0850. The molecule has 2 N–H and O–H groups in total. The molecule has 1 aromatic carbocycles. The van der Waals surface area contributed by atoms with Crippen LogP contribution in [-0.2, 0) is 4.79 Å². The lowest BCUT2D eigenvalue weighted by molar-refractivity contribution is -0.138. The summed E-state index contributed by atoms with van der Waals surface area (Å²) in [6.07, 6.45) is 1.40. The Morgan fingerprint density at radius 1 is 1.18 bits per heavy atom. The Kier molecular flexibility index (Phi) is 6.19. The van der Waals surface area contributed by atoms with Crippen LogP contribution >= 0.6 is 11.3 Å². The van der Waals surface area contributed by atoms with Gasteiger partial charge in [0.15, 0.2) is 0 Å². The van der Waals surface area contributed by atoms with Crippen molar-refractivity contribution in [3.8, 4) is 5.75 Å². The quantitative estimate of drug-likeness (QED) is 0.756. The second-order valence-corrected chi connectivity index (χ2v) is 7.41. The number of ether oxygens (including phenoxy) is 1. The number of carbonyl (C=O) groups excluding carboxylic acids is 2. The Hall–Kier alpha value is -3.01. The summed E-state index contributed by atoms with van der Waals surface area (Å²) >= 11 is 0.937. The molecule has 0 bridgehead atoms. The number of nitrogens with zero attached hydrogens (tertiary/aromatic N) is 3.